The molecule has 0 heterocycles. The zero-order valence-electron chi connectivity index (χ0n) is 11.9. The molecule has 0 atom stereocenters. The molecule has 0 bridgehead atoms. The number of carbonyl (C=O) groups is 1. The van der Waals surface area contributed by atoms with Gasteiger partial charge in [-0.3, -0.25) is 0 Å². The topological polar surface area (TPSA) is 46.5 Å². The summed E-state index contributed by atoms with van der Waals surface area (Å²) in [7, 11) is 0. The van der Waals surface area contributed by atoms with Gasteiger partial charge in [-0.2, -0.15) is 0 Å². The minimum absolute atomic E-state index is 0.0546. The van der Waals surface area contributed by atoms with Gasteiger partial charge in [0.2, 0.25) is 0 Å². The number of hydrogen-bond donors (Lipinski definition) is 1. The van der Waals surface area contributed by atoms with Gasteiger partial charge in [0.05, 0.1) is 0 Å². The van der Waals surface area contributed by atoms with Crippen LogP contribution in [0, 0.1) is 20.8 Å². The molecular formula is C17H18O3. The standard InChI is InChI=1S/C17H18O3/c1-11-4-5-16(18)15(9-11)17(19)20-10-14-7-12(2)6-13(3)8-14/h4-9,18H,10H2,1-3H3. The summed E-state index contributed by atoms with van der Waals surface area (Å²) in [5, 5.41) is 9.69. The lowest BCUT2D eigenvalue weighted by Crippen LogP contribution is -2.06. The Balaban J connectivity index is 2.10. The third-order valence-electron chi connectivity index (χ3n) is 3.02. The lowest BCUT2D eigenvalue weighted by molar-refractivity contribution is 0.0469. The largest absolute Gasteiger partial charge is 0.507 e. The van der Waals surface area contributed by atoms with Crippen LogP contribution < -0.4 is 0 Å². The maximum absolute atomic E-state index is 12.0. The molecule has 0 aliphatic carbocycles. The molecule has 3 heteroatoms. The van der Waals surface area contributed by atoms with Crippen LogP contribution in [0.5, 0.6) is 5.75 Å². The molecule has 2 rings (SSSR count). The third-order valence-corrected chi connectivity index (χ3v) is 3.02. The Morgan fingerprint density at radius 3 is 2.30 bits per heavy atom. The lowest BCUT2D eigenvalue weighted by atomic mass is 10.1. The molecule has 0 radical (unpaired) electrons. The number of phenols is 1. The first kappa shape index (κ1) is 14.1. The molecule has 20 heavy (non-hydrogen) atoms. The van der Waals surface area contributed by atoms with Crippen LogP contribution in [0.25, 0.3) is 0 Å². The van der Waals surface area contributed by atoms with E-state index in [1.54, 1.807) is 12.1 Å². The Kier molecular flexibility index (Phi) is 4.08. The van der Waals surface area contributed by atoms with Crippen molar-refractivity contribution >= 4 is 5.97 Å². The average molecular weight is 270 g/mol. The molecule has 0 aromatic heterocycles. The average Bonchev–Trinajstić information content (AvgIpc) is 2.38. The van der Waals surface area contributed by atoms with Gasteiger partial charge in [0, 0.05) is 0 Å². The summed E-state index contributed by atoms with van der Waals surface area (Å²) < 4.78 is 5.26. The van der Waals surface area contributed by atoms with Crippen molar-refractivity contribution in [3.05, 3.63) is 64.2 Å². The highest BCUT2D eigenvalue weighted by Gasteiger charge is 2.13. The van der Waals surface area contributed by atoms with Crippen molar-refractivity contribution in [2.75, 3.05) is 0 Å². The van der Waals surface area contributed by atoms with E-state index in [0.29, 0.717) is 0 Å². The number of aryl methyl sites for hydroxylation is 3. The summed E-state index contributed by atoms with van der Waals surface area (Å²) in [6.45, 7) is 6.07. The highest BCUT2D eigenvalue weighted by molar-refractivity contribution is 5.92. The monoisotopic (exact) mass is 270 g/mol. The number of hydrogen-bond acceptors (Lipinski definition) is 3. The molecule has 104 valence electrons. The Bertz CT molecular complexity index is 624. The normalized spacial score (nSPS) is 10.3. The maximum atomic E-state index is 12.0. The summed E-state index contributed by atoms with van der Waals surface area (Å²) >= 11 is 0. The molecular weight excluding hydrogens is 252 g/mol. The summed E-state index contributed by atoms with van der Waals surface area (Å²) in [6.07, 6.45) is 0. The fraction of sp³-hybridized carbons (Fsp3) is 0.235. The van der Waals surface area contributed by atoms with Crippen molar-refractivity contribution in [1.29, 1.82) is 0 Å². The third kappa shape index (κ3) is 3.38. The second kappa shape index (κ2) is 5.78. The molecule has 0 spiro atoms. The van der Waals surface area contributed by atoms with Crippen LogP contribution >= 0.6 is 0 Å². The Labute approximate surface area is 118 Å². The van der Waals surface area contributed by atoms with Gasteiger partial charge in [-0.15, -0.1) is 0 Å². The maximum Gasteiger partial charge on any atom is 0.342 e. The summed E-state index contributed by atoms with van der Waals surface area (Å²) in [6, 6.07) is 10.9. The Morgan fingerprint density at radius 2 is 1.65 bits per heavy atom. The number of carbonyl (C=O) groups excluding carboxylic acids is 1. The van der Waals surface area contributed by atoms with Crippen molar-refractivity contribution in [2.45, 2.75) is 27.4 Å². The fourth-order valence-electron chi connectivity index (χ4n) is 2.19. The molecule has 0 amide bonds. The van der Waals surface area contributed by atoms with Crippen molar-refractivity contribution in [1.82, 2.24) is 0 Å². The molecule has 0 unspecified atom stereocenters. The van der Waals surface area contributed by atoms with Gasteiger partial charge in [0.25, 0.3) is 0 Å². The van der Waals surface area contributed by atoms with Crippen molar-refractivity contribution < 1.29 is 14.6 Å². The highest BCUT2D eigenvalue weighted by Crippen LogP contribution is 2.20. The van der Waals surface area contributed by atoms with E-state index in [1.165, 1.54) is 6.07 Å². The SMILES string of the molecule is Cc1cc(C)cc(COC(=O)c2cc(C)ccc2O)c1. The van der Waals surface area contributed by atoms with Crippen LogP contribution in [-0.2, 0) is 11.3 Å². The van der Waals surface area contributed by atoms with E-state index in [0.717, 1.165) is 22.3 Å². The number of esters is 1. The zero-order chi connectivity index (χ0) is 14.7. The van der Waals surface area contributed by atoms with Gasteiger partial charge in [-0.25, -0.2) is 4.79 Å². The molecule has 1 N–H and O–H groups in total. The Hall–Kier alpha value is -2.29. The predicted octanol–water partition coefficient (Wildman–Crippen LogP) is 3.67. The van der Waals surface area contributed by atoms with Gasteiger partial charge >= 0.3 is 5.97 Å². The number of rotatable bonds is 3. The van der Waals surface area contributed by atoms with Gasteiger partial charge < -0.3 is 9.84 Å². The fourth-order valence-corrected chi connectivity index (χ4v) is 2.19. The molecule has 0 aliphatic heterocycles. The van der Waals surface area contributed by atoms with Crippen molar-refractivity contribution in [3.8, 4) is 5.75 Å². The number of phenolic OH excluding ortho intramolecular Hbond substituents is 1. The molecule has 2 aromatic carbocycles. The quantitative estimate of drug-likeness (QED) is 0.865. The first-order valence-corrected chi connectivity index (χ1v) is 6.49. The second-order valence-electron chi connectivity index (χ2n) is 5.09. The minimum atomic E-state index is -0.509. The smallest absolute Gasteiger partial charge is 0.342 e. The lowest BCUT2D eigenvalue weighted by Gasteiger charge is -2.08. The van der Waals surface area contributed by atoms with E-state index in [-0.39, 0.29) is 17.9 Å². The van der Waals surface area contributed by atoms with E-state index in [1.807, 2.05) is 32.9 Å². The Morgan fingerprint density at radius 1 is 1.00 bits per heavy atom. The number of ether oxygens (including phenoxy) is 1. The first-order valence-electron chi connectivity index (χ1n) is 6.49. The summed E-state index contributed by atoms with van der Waals surface area (Å²) in [4.78, 5) is 12.0. The summed E-state index contributed by atoms with van der Waals surface area (Å²) in [5.74, 6) is -0.564. The van der Waals surface area contributed by atoms with Crippen LogP contribution in [0.4, 0.5) is 0 Å². The van der Waals surface area contributed by atoms with Gasteiger partial charge in [-0.1, -0.05) is 41.0 Å². The first-order chi connectivity index (χ1) is 9.45. The summed E-state index contributed by atoms with van der Waals surface area (Å²) in [5.41, 5.74) is 4.32. The van der Waals surface area contributed by atoms with Crippen molar-refractivity contribution in [2.24, 2.45) is 0 Å². The molecule has 0 fully saturated rings. The molecule has 2 aromatic rings. The second-order valence-corrected chi connectivity index (χ2v) is 5.09. The van der Waals surface area contributed by atoms with Gasteiger partial charge in [0.15, 0.2) is 0 Å². The highest BCUT2D eigenvalue weighted by atomic mass is 16.5. The van der Waals surface area contributed by atoms with Crippen LogP contribution in [0.15, 0.2) is 36.4 Å². The van der Waals surface area contributed by atoms with Gasteiger partial charge in [0.1, 0.15) is 17.9 Å². The predicted molar refractivity (Wildman–Crippen MR) is 77.9 cm³/mol. The van der Waals surface area contributed by atoms with Crippen molar-refractivity contribution in [3.63, 3.8) is 0 Å². The van der Waals surface area contributed by atoms with Crippen LogP contribution in [0.1, 0.15) is 32.6 Å². The van der Waals surface area contributed by atoms with E-state index in [9.17, 15) is 9.90 Å². The van der Waals surface area contributed by atoms with E-state index in [4.69, 9.17) is 4.74 Å². The molecule has 3 nitrogen and oxygen atoms in total. The van der Waals surface area contributed by atoms with Crippen LogP contribution in [-0.4, -0.2) is 11.1 Å². The van der Waals surface area contributed by atoms with Gasteiger partial charge in [-0.05, 0) is 38.5 Å². The number of benzene rings is 2. The van der Waals surface area contributed by atoms with E-state index in [2.05, 4.69) is 6.07 Å². The van der Waals surface area contributed by atoms with Crippen LogP contribution in [0.3, 0.4) is 0 Å². The van der Waals surface area contributed by atoms with Crippen LogP contribution in [0.2, 0.25) is 0 Å². The van der Waals surface area contributed by atoms with E-state index >= 15 is 0 Å². The molecule has 0 aliphatic rings. The zero-order valence-corrected chi connectivity index (χ0v) is 11.9. The minimum Gasteiger partial charge on any atom is -0.507 e. The number of aromatic hydroxyl groups is 1. The van der Waals surface area contributed by atoms with E-state index < -0.39 is 5.97 Å². The molecule has 0 saturated heterocycles. The molecule has 0 saturated carbocycles.